The van der Waals surface area contributed by atoms with Crippen LogP contribution in [0.2, 0.25) is 0 Å². The zero-order valence-corrected chi connectivity index (χ0v) is 17.5. The van der Waals surface area contributed by atoms with Gasteiger partial charge in [-0.15, -0.1) is 0 Å². The Morgan fingerprint density at radius 2 is 1.66 bits per heavy atom. The van der Waals surface area contributed by atoms with Gasteiger partial charge in [-0.1, -0.05) is 43.2 Å². The molecular weight excluding hydrogens is 360 g/mol. The Balaban J connectivity index is 1.41. The lowest BCUT2D eigenvalue weighted by atomic mass is 9.90. The lowest BCUT2D eigenvalue weighted by Crippen LogP contribution is -2.37. The highest BCUT2D eigenvalue weighted by Crippen LogP contribution is 2.24. The van der Waals surface area contributed by atoms with Gasteiger partial charge in [0.1, 0.15) is 5.69 Å². The number of carbonyl (C=O) groups is 1. The quantitative estimate of drug-likeness (QED) is 0.780. The molecule has 0 saturated carbocycles. The van der Waals surface area contributed by atoms with Gasteiger partial charge in [0, 0.05) is 31.9 Å². The number of hydrogen-bond donors (Lipinski definition) is 0. The van der Waals surface area contributed by atoms with Crippen LogP contribution in [-0.4, -0.2) is 47.0 Å². The molecule has 0 aliphatic carbocycles. The Labute approximate surface area is 174 Å². The SMILES string of the molecule is Cc1cc(C(=O)N2CCCCCC2)nc(N2CCC(Cc3ccccc3)CC2)n1. The number of aromatic nitrogens is 2. The first-order valence-electron chi connectivity index (χ1n) is 11.1. The molecule has 2 aromatic rings. The van der Waals surface area contributed by atoms with Gasteiger partial charge in [-0.2, -0.15) is 0 Å². The Morgan fingerprint density at radius 1 is 0.966 bits per heavy atom. The minimum absolute atomic E-state index is 0.0672. The van der Waals surface area contributed by atoms with Crippen LogP contribution in [0, 0.1) is 12.8 Å². The summed E-state index contributed by atoms with van der Waals surface area (Å²) < 4.78 is 0. The highest BCUT2D eigenvalue weighted by Gasteiger charge is 2.24. The van der Waals surface area contributed by atoms with Crippen LogP contribution in [0.1, 0.15) is 60.3 Å². The van der Waals surface area contributed by atoms with Gasteiger partial charge in [-0.3, -0.25) is 4.79 Å². The van der Waals surface area contributed by atoms with E-state index in [1.54, 1.807) is 0 Å². The standard InChI is InChI=1S/C24H32N4O/c1-19-17-22(23(29)27-13-7-2-3-8-14-27)26-24(25-19)28-15-11-21(12-16-28)18-20-9-5-4-6-10-20/h4-6,9-10,17,21H,2-3,7-8,11-16,18H2,1H3. The Bertz CT molecular complexity index is 807. The molecule has 0 spiro atoms. The summed E-state index contributed by atoms with van der Waals surface area (Å²) in [6, 6.07) is 12.6. The molecule has 29 heavy (non-hydrogen) atoms. The van der Waals surface area contributed by atoms with Crippen molar-refractivity contribution in [2.24, 2.45) is 5.92 Å². The topological polar surface area (TPSA) is 49.3 Å². The molecule has 2 fully saturated rings. The zero-order valence-electron chi connectivity index (χ0n) is 17.5. The molecule has 2 aliphatic rings. The molecule has 5 nitrogen and oxygen atoms in total. The summed E-state index contributed by atoms with van der Waals surface area (Å²) in [5.41, 5.74) is 2.85. The maximum Gasteiger partial charge on any atom is 0.272 e. The number of benzene rings is 1. The number of rotatable bonds is 4. The third-order valence-electron chi connectivity index (χ3n) is 6.22. The average Bonchev–Trinajstić information content (AvgIpc) is 3.04. The molecule has 1 aromatic heterocycles. The number of aryl methyl sites for hydroxylation is 1. The van der Waals surface area contributed by atoms with E-state index >= 15 is 0 Å². The molecule has 5 heteroatoms. The molecule has 3 heterocycles. The molecule has 0 atom stereocenters. The van der Waals surface area contributed by atoms with E-state index in [0.29, 0.717) is 11.6 Å². The lowest BCUT2D eigenvalue weighted by Gasteiger charge is -2.32. The van der Waals surface area contributed by atoms with E-state index in [4.69, 9.17) is 4.98 Å². The molecule has 0 radical (unpaired) electrons. The molecule has 2 saturated heterocycles. The zero-order chi connectivity index (χ0) is 20.1. The van der Waals surface area contributed by atoms with Gasteiger partial charge in [0.05, 0.1) is 0 Å². The predicted molar refractivity (Wildman–Crippen MR) is 116 cm³/mol. The van der Waals surface area contributed by atoms with E-state index in [2.05, 4.69) is 40.2 Å². The van der Waals surface area contributed by atoms with Gasteiger partial charge in [-0.25, -0.2) is 9.97 Å². The number of piperidine rings is 1. The van der Waals surface area contributed by atoms with E-state index in [1.807, 2.05) is 17.9 Å². The first kappa shape index (κ1) is 19.9. The number of hydrogen-bond acceptors (Lipinski definition) is 4. The summed E-state index contributed by atoms with van der Waals surface area (Å²) in [6.07, 6.45) is 8.05. The van der Waals surface area contributed by atoms with Gasteiger partial charge < -0.3 is 9.80 Å². The monoisotopic (exact) mass is 392 g/mol. The van der Waals surface area contributed by atoms with Crippen molar-refractivity contribution in [3.63, 3.8) is 0 Å². The minimum atomic E-state index is 0.0672. The second-order valence-electron chi connectivity index (χ2n) is 8.52. The highest BCUT2D eigenvalue weighted by molar-refractivity contribution is 5.92. The first-order valence-corrected chi connectivity index (χ1v) is 11.1. The van der Waals surface area contributed by atoms with E-state index in [-0.39, 0.29) is 5.91 Å². The molecule has 4 rings (SSSR count). The molecule has 2 aliphatic heterocycles. The van der Waals surface area contributed by atoms with Crippen LogP contribution in [-0.2, 0) is 6.42 Å². The smallest absolute Gasteiger partial charge is 0.272 e. The summed E-state index contributed by atoms with van der Waals surface area (Å²) in [5.74, 6) is 1.50. The summed E-state index contributed by atoms with van der Waals surface area (Å²) in [4.78, 5) is 26.6. The molecule has 154 valence electrons. The molecule has 1 amide bonds. The van der Waals surface area contributed by atoms with Crippen molar-refractivity contribution in [3.05, 3.63) is 53.3 Å². The predicted octanol–water partition coefficient (Wildman–Crippen LogP) is 4.26. The number of likely N-dealkylation sites (tertiary alicyclic amines) is 1. The van der Waals surface area contributed by atoms with Crippen molar-refractivity contribution in [2.45, 2.75) is 51.9 Å². The van der Waals surface area contributed by atoms with Crippen LogP contribution < -0.4 is 4.90 Å². The van der Waals surface area contributed by atoms with E-state index in [9.17, 15) is 4.79 Å². The molecule has 0 N–H and O–H groups in total. The van der Waals surface area contributed by atoms with E-state index < -0.39 is 0 Å². The van der Waals surface area contributed by atoms with Crippen LogP contribution in [0.5, 0.6) is 0 Å². The first-order chi connectivity index (χ1) is 14.2. The summed E-state index contributed by atoms with van der Waals surface area (Å²) in [7, 11) is 0. The molecule has 0 bridgehead atoms. The fraction of sp³-hybridized carbons (Fsp3) is 0.542. The highest BCUT2D eigenvalue weighted by atomic mass is 16.2. The fourth-order valence-electron chi connectivity index (χ4n) is 4.52. The second-order valence-corrected chi connectivity index (χ2v) is 8.52. The van der Waals surface area contributed by atoms with Crippen LogP contribution in [0.25, 0.3) is 0 Å². The largest absolute Gasteiger partial charge is 0.341 e. The van der Waals surface area contributed by atoms with Crippen LogP contribution in [0.3, 0.4) is 0 Å². The second kappa shape index (κ2) is 9.38. The average molecular weight is 393 g/mol. The Hall–Kier alpha value is -2.43. The van der Waals surface area contributed by atoms with Crippen molar-refractivity contribution in [1.29, 1.82) is 0 Å². The van der Waals surface area contributed by atoms with Gasteiger partial charge >= 0.3 is 0 Å². The third kappa shape index (κ3) is 5.14. The van der Waals surface area contributed by atoms with Gasteiger partial charge in [0.25, 0.3) is 5.91 Å². The van der Waals surface area contributed by atoms with Crippen molar-refractivity contribution < 1.29 is 4.79 Å². The number of carbonyl (C=O) groups excluding carboxylic acids is 1. The van der Waals surface area contributed by atoms with Crippen molar-refractivity contribution in [3.8, 4) is 0 Å². The van der Waals surface area contributed by atoms with Gasteiger partial charge in [-0.05, 0) is 56.6 Å². The maximum atomic E-state index is 13.0. The van der Waals surface area contributed by atoms with Gasteiger partial charge in [0.15, 0.2) is 0 Å². The molecular formula is C24H32N4O. The number of anilines is 1. The third-order valence-corrected chi connectivity index (χ3v) is 6.22. The minimum Gasteiger partial charge on any atom is -0.341 e. The summed E-state index contributed by atoms with van der Waals surface area (Å²) in [5, 5.41) is 0. The van der Waals surface area contributed by atoms with E-state index in [1.165, 1.54) is 18.4 Å². The number of nitrogens with zero attached hydrogens (tertiary/aromatic N) is 4. The Morgan fingerprint density at radius 3 is 2.34 bits per heavy atom. The van der Waals surface area contributed by atoms with Crippen LogP contribution >= 0.6 is 0 Å². The van der Waals surface area contributed by atoms with E-state index in [0.717, 1.165) is 69.9 Å². The van der Waals surface area contributed by atoms with Crippen molar-refractivity contribution >= 4 is 11.9 Å². The summed E-state index contributed by atoms with van der Waals surface area (Å²) in [6.45, 7) is 5.58. The maximum absolute atomic E-state index is 13.0. The Kier molecular flexibility index (Phi) is 6.43. The van der Waals surface area contributed by atoms with Crippen LogP contribution in [0.15, 0.2) is 36.4 Å². The van der Waals surface area contributed by atoms with Crippen molar-refractivity contribution in [2.75, 3.05) is 31.1 Å². The molecule has 0 unspecified atom stereocenters. The fourth-order valence-corrected chi connectivity index (χ4v) is 4.52. The number of amides is 1. The van der Waals surface area contributed by atoms with Gasteiger partial charge in [0.2, 0.25) is 5.95 Å². The summed E-state index contributed by atoms with van der Waals surface area (Å²) >= 11 is 0. The normalized spacial score (nSPS) is 18.5. The van der Waals surface area contributed by atoms with Crippen molar-refractivity contribution in [1.82, 2.24) is 14.9 Å². The lowest BCUT2D eigenvalue weighted by molar-refractivity contribution is 0.0755. The molecule has 1 aromatic carbocycles. The van der Waals surface area contributed by atoms with Crippen LogP contribution in [0.4, 0.5) is 5.95 Å².